The number of halogens is 6. The minimum atomic E-state index is -4.55. The predicted molar refractivity (Wildman–Crippen MR) is 37.1 cm³/mol. The normalized spacial score (nSPS) is 23.0. The fourth-order valence-electron chi connectivity index (χ4n) is 0.543. The van der Waals surface area contributed by atoms with Crippen LogP contribution in [0.15, 0.2) is 0 Å². The van der Waals surface area contributed by atoms with Crippen molar-refractivity contribution in [3.8, 4) is 0 Å². The molecule has 0 radical (unpaired) electrons. The number of hydrogen-bond donors (Lipinski definition) is 1. The Morgan fingerprint density at radius 2 is 1.67 bits per heavy atom. The van der Waals surface area contributed by atoms with Gasteiger partial charge in [0.15, 0.2) is 0 Å². The molecule has 0 aromatic carbocycles. The second-order valence-corrected chi connectivity index (χ2v) is 3.10. The fourth-order valence-corrected chi connectivity index (χ4v) is 1.17. The largest absolute Gasteiger partial charge is 0.390 e. The molecule has 0 aliphatic carbocycles. The van der Waals surface area contributed by atoms with Crippen molar-refractivity contribution in [2.75, 3.05) is 0 Å². The van der Waals surface area contributed by atoms with Gasteiger partial charge in [0.25, 0.3) is 5.67 Å². The van der Waals surface area contributed by atoms with Crippen LogP contribution in [-0.4, -0.2) is 27.9 Å². The van der Waals surface area contributed by atoms with Gasteiger partial charge in [-0.15, -0.1) is 0 Å². The molecular formula is C5H6Cl2F4O. The molecule has 0 aromatic rings. The van der Waals surface area contributed by atoms with Crippen LogP contribution in [0.25, 0.3) is 0 Å². The van der Waals surface area contributed by atoms with Crippen LogP contribution >= 0.6 is 23.2 Å². The Bertz CT molecular complexity index is 148. The molecule has 0 spiro atoms. The molecule has 0 fully saturated rings. The van der Waals surface area contributed by atoms with Gasteiger partial charge in [-0.05, 0) is 18.5 Å². The molecule has 0 aliphatic heterocycles. The lowest BCUT2D eigenvalue weighted by atomic mass is 10.0. The quantitative estimate of drug-likeness (QED) is 0.582. The summed E-state index contributed by atoms with van der Waals surface area (Å²) in [6, 6.07) is 0. The van der Waals surface area contributed by atoms with Crippen molar-refractivity contribution in [1.82, 2.24) is 0 Å². The molecule has 0 heterocycles. The Morgan fingerprint density at radius 1 is 1.33 bits per heavy atom. The topological polar surface area (TPSA) is 20.2 Å². The summed E-state index contributed by atoms with van der Waals surface area (Å²) >= 11 is 8.74. The van der Waals surface area contributed by atoms with Crippen LogP contribution in [0.1, 0.15) is 6.92 Å². The van der Waals surface area contributed by atoms with Gasteiger partial charge < -0.3 is 5.11 Å². The van der Waals surface area contributed by atoms with Gasteiger partial charge in [-0.1, -0.05) is 11.6 Å². The number of rotatable bonds is 3. The number of aliphatic hydroxyl groups is 1. The van der Waals surface area contributed by atoms with E-state index in [-0.39, 0.29) is 0 Å². The van der Waals surface area contributed by atoms with E-state index in [1.807, 2.05) is 0 Å². The molecule has 0 bridgehead atoms. The Kier molecular flexibility index (Phi) is 3.63. The second-order valence-electron chi connectivity index (χ2n) is 2.24. The average molecular weight is 229 g/mol. The maximum atomic E-state index is 12.9. The first-order chi connectivity index (χ1) is 5.14. The Labute approximate surface area is 76.3 Å². The summed E-state index contributed by atoms with van der Waals surface area (Å²) in [7, 11) is 0. The Balaban J connectivity index is 4.89. The minimum absolute atomic E-state index is 0.630. The summed E-state index contributed by atoms with van der Waals surface area (Å²) in [6.45, 7) is 0.630. The average Bonchev–Trinajstić information content (AvgIpc) is 1.82. The van der Waals surface area contributed by atoms with E-state index in [0.29, 0.717) is 6.92 Å². The summed E-state index contributed by atoms with van der Waals surface area (Å²) < 4.78 is 49.4. The molecule has 1 N–H and O–H groups in total. The highest BCUT2D eigenvalue weighted by molar-refractivity contribution is 6.25. The van der Waals surface area contributed by atoms with Crippen LogP contribution in [0.3, 0.4) is 0 Å². The van der Waals surface area contributed by atoms with E-state index >= 15 is 0 Å². The molecule has 0 saturated carbocycles. The molecule has 1 nitrogen and oxygen atoms in total. The van der Waals surface area contributed by atoms with Crippen molar-refractivity contribution in [1.29, 1.82) is 0 Å². The minimum Gasteiger partial charge on any atom is -0.390 e. The molecule has 0 aromatic heterocycles. The lowest BCUT2D eigenvalue weighted by Gasteiger charge is -2.31. The maximum absolute atomic E-state index is 12.9. The zero-order chi connectivity index (χ0) is 10.2. The highest BCUT2D eigenvalue weighted by atomic mass is 35.5. The summed E-state index contributed by atoms with van der Waals surface area (Å²) in [4.78, 5) is 0. The van der Waals surface area contributed by atoms with Crippen LogP contribution in [0.2, 0.25) is 0 Å². The lowest BCUT2D eigenvalue weighted by Crippen LogP contribution is -2.54. The standard InChI is InChI=1S/C5H6Cl2F4O/c1-2(12)4(9,3(6)8)5(7,10)11/h2-3,12H,1H3. The highest BCUT2D eigenvalue weighted by Gasteiger charge is 2.62. The van der Waals surface area contributed by atoms with Gasteiger partial charge in [-0.25, -0.2) is 8.78 Å². The Morgan fingerprint density at radius 3 is 1.67 bits per heavy atom. The Hall–Kier alpha value is 0.260. The van der Waals surface area contributed by atoms with Gasteiger partial charge >= 0.3 is 5.38 Å². The summed E-state index contributed by atoms with van der Waals surface area (Å²) in [6.07, 6.45) is -2.31. The third kappa shape index (κ3) is 1.95. The smallest absolute Gasteiger partial charge is 0.361 e. The van der Waals surface area contributed by atoms with Gasteiger partial charge in [0.2, 0.25) is 5.63 Å². The van der Waals surface area contributed by atoms with E-state index in [9.17, 15) is 17.6 Å². The van der Waals surface area contributed by atoms with Crippen molar-refractivity contribution in [3.05, 3.63) is 0 Å². The third-order valence-corrected chi connectivity index (χ3v) is 1.97. The van der Waals surface area contributed by atoms with Gasteiger partial charge in [0, 0.05) is 0 Å². The van der Waals surface area contributed by atoms with Crippen molar-refractivity contribution < 1.29 is 22.7 Å². The SMILES string of the molecule is CC(O)C(F)(C(F)Cl)C(F)(F)Cl. The van der Waals surface area contributed by atoms with Crippen LogP contribution in [-0.2, 0) is 0 Å². The van der Waals surface area contributed by atoms with Gasteiger partial charge in [0.05, 0.1) is 6.10 Å². The van der Waals surface area contributed by atoms with Crippen molar-refractivity contribution >= 4 is 23.2 Å². The van der Waals surface area contributed by atoms with Crippen molar-refractivity contribution in [3.63, 3.8) is 0 Å². The van der Waals surface area contributed by atoms with Crippen molar-refractivity contribution in [2.45, 2.75) is 29.7 Å². The zero-order valence-electron chi connectivity index (χ0n) is 5.87. The second kappa shape index (κ2) is 3.55. The van der Waals surface area contributed by atoms with E-state index in [1.165, 1.54) is 0 Å². The van der Waals surface area contributed by atoms with Crippen LogP contribution in [0, 0.1) is 0 Å². The van der Waals surface area contributed by atoms with E-state index in [4.69, 9.17) is 5.11 Å². The molecule has 12 heavy (non-hydrogen) atoms. The van der Waals surface area contributed by atoms with E-state index < -0.39 is 22.8 Å². The molecule has 0 saturated heterocycles. The van der Waals surface area contributed by atoms with Gasteiger partial charge in [0.1, 0.15) is 0 Å². The lowest BCUT2D eigenvalue weighted by molar-refractivity contribution is -0.149. The first-order valence-corrected chi connectivity index (χ1v) is 3.67. The molecule has 3 atom stereocenters. The van der Waals surface area contributed by atoms with E-state index in [0.717, 1.165) is 0 Å². The first kappa shape index (κ1) is 12.3. The van der Waals surface area contributed by atoms with Crippen molar-refractivity contribution in [2.24, 2.45) is 0 Å². The van der Waals surface area contributed by atoms with Crippen LogP contribution in [0.5, 0.6) is 0 Å². The number of aliphatic hydroxyl groups excluding tert-OH is 1. The van der Waals surface area contributed by atoms with E-state index in [2.05, 4.69) is 23.2 Å². The van der Waals surface area contributed by atoms with Crippen LogP contribution in [0.4, 0.5) is 17.6 Å². The molecule has 7 heteroatoms. The van der Waals surface area contributed by atoms with Gasteiger partial charge in [-0.3, -0.25) is 0 Å². The van der Waals surface area contributed by atoms with Gasteiger partial charge in [-0.2, -0.15) is 8.78 Å². The number of hydrogen-bond acceptors (Lipinski definition) is 1. The monoisotopic (exact) mass is 228 g/mol. The maximum Gasteiger partial charge on any atom is 0.361 e. The first-order valence-electron chi connectivity index (χ1n) is 2.86. The molecule has 74 valence electrons. The molecule has 0 amide bonds. The summed E-state index contributed by atoms with van der Waals surface area (Å²) in [5.41, 5.74) is -7.05. The summed E-state index contributed by atoms with van der Waals surface area (Å²) in [5, 5.41) is 3.96. The molecular weight excluding hydrogens is 223 g/mol. The zero-order valence-corrected chi connectivity index (χ0v) is 7.38. The van der Waals surface area contributed by atoms with E-state index in [1.54, 1.807) is 0 Å². The molecule has 0 aliphatic rings. The summed E-state index contributed by atoms with van der Waals surface area (Å²) in [5.74, 6) is 0. The highest BCUT2D eigenvalue weighted by Crippen LogP contribution is 2.43. The number of alkyl halides is 6. The molecule has 0 rings (SSSR count). The molecule has 3 unspecified atom stereocenters. The fraction of sp³-hybridized carbons (Fsp3) is 1.00. The van der Waals surface area contributed by atoms with Crippen LogP contribution < -0.4 is 0 Å². The third-order valence-electron chi connectivity index (χ3n) is 1.36. The predicted octanol–water partition coefficient (Wildman–Crippen LogP) is 2.44.